The van der Waals surface area contributed by atoms with E-state index in [2.05, 4.69) is 10.0 Å². The number of nitrogens with one attached hydrogen (secondary N) is 2. The molecule has 20 heavy (non-hydrogen) atoms. The summed E-state index contributed by atoms with van der Waals surface area (Å²) in [6, 6.07) is 5.12. The van der Waals surface area contributed by atoms with Crippen LogP contribution in [0.4, 0.5) is 5.69 Å². The average Bonchev–Trinajstić information content (AvgIpc) is 2.37. The van der Waals surface area contributed by atoms with Crippen molar-refractivity contribution in [3.8, 4) is 0 Å². The number of nitro groups is 1. The highest BCUT2D eigenvalue weighted by Gasteiger charge is 2.24. The van der Waals surface area contributed by atoms with E-state index in [0.29, 0.717) is 13.0 Å². The monoisotopic (exact) mass is 301 g/mol. The molecule has 1 aromatic rings. The first-order valence-corrected chi connectivity index (χ1v) is 7.30. The van der Waals surface area contributed by atoms with Gasteiger partial charge in [0, 0.05) is 26.1 Å². The Kier molecular flexibility index (Phi) is 5.59. The van der Waals surface area contributed by atoms with Gasteiger partial charge in [0.15, 0.2) is 4.90 Å². The summed E-state index contributed by atoms with van der Waals surface area (Å²) in [5, 5.41) is 13.3. The number of nitro benzene ring substituents is 1. The summed E-state index contributed by atoms with van der Waals surface area (Å²) in [5.74, 6) is -0.202. The van der Waals surface area contributed by atoms with Crippen molar-refractivity contribution >= 4 is 21.6 Å². The fourth-order valence-electron chi connectivity index (χ4n) is 1.47. The van der Waals surface area contributed by atoms with Gasteiger partial charge >= 0.3 is 0 Å². The highest BCUT2D eigenvalue weighted by molar-refractivity contribution is 7.89. The minimum absolute atomic E-state index is 0.0780. The molecule has 0 aliphatic carbocycles. The number of hydrogen-bond acceptors (Lipinski definition) is 5. The number of hydrogen-bond donors (Lipinski definition) is 2. The van der Waals surface area contributed by atoms with Gasteiger partial charge < -0.3 is 5.32 Å². The van der Waals surface area contributed by atoms with E-state index in [1.807, 2.05) is 0 Å². The van der Waals surface area contributed by atoms with E-state index in [1.54, 1.807) is 0 Å². The summed E-state index contributed by atoms with van der Waals surface area (Å²) < 4.78 is 26.2. The molecular weight excluding hydrogens is 286 g/mol. The largest absolute Gasteiger partial charge is 0.356 e. The summed E-state index contributed by atoms with van der Waals surface area (Å²) in [4.78, 5) is 20.3. The predicted octanol–water partition coefficient (Wildman–Crippen LogP) is 0.399. The zero-order valence-electron chi connectivity index (χ0n) is 10.8. The molecule has 9 heteroatoms. The van der Waals surface area contributed by atoms with Crippen LogP contribution < -0.4 is 10.0 Å². The SMILES string of the molecule is CC(=O)NCCCNS(=O)(=O)c1ccccc1[N+](=O)[O-]. The van der Waals surface area contributed by atoms with Crippen molar-refractivity contribution in [3.05, 3.63) is 34.4 Å². The highest BCUT2D eigenvalue weighted by atomic mass is 32.2. The van der Waals surface area contributed by atoms with Gasteiger partial charge in [-0.05, 0) is 12.5 Å². The second-order valence-corrected chi connectivity index (χ2v) is 5.69. The predicted molar refractivity (Wildman–Crippen MR) is 71.6 cm³/mol. The molecule has 0 aliphatic rings. The normalized spacial score (nSPS) is 11.1. The van der Waals surface area contributed by atoms with Gasteiger partial charge in [-0.15, -0.1) is 0 Å². The van der Waals surface area contributed by atoms with Crippen LogP contribution in [0.1, 0.15) is 13.3 Å². The van der Waals surface area contributed by atoms with Crippen molar-refractivity contribution in [2.24, 2.45) is 0 Å². The third-order valence-corrected chi connectivity index (χ3v) is 3.88. The molecule has 0 atom stereocenters. The molecule has 2 N–H and O–H groups in total. The first kappa shape index (κ1) is 16.1. The number of nitrogens with zero attached hydrogens (tertiary/aromatic N) is 1. The van der Waals surface area contributed by atoms with Crippen molar-refractivity contribution in [2.75, 3.05) is 13.1 Å². The second kappa shape index (κ2) is 6.96. The first-order chi connectivity index (χ1) is 9.34. The third kappa shape index (κ3) is 4.59. The molecule has 0 unspecified atom stereocenters. The Hall–Kier alpha value is -2.00. The van der Waals surface area contributed by atoms with Gasteiger partial charge in [0.1, 0.15) is 0 Å². The molecule has 1 aromatic carbocycles. The lowest BCUT2D eigenvalue weighted by atomic mass is 10.3. The minimum atomic E-state index is -3.94. The van der Waals surface area contributed by atoms with E-state index in [4.69, 9.17) is 0 Å². The second-order valence-electron chi connectivity index (χ2n) is 3.96. The Morgan fingerprint density at radius 2 is 1.95 bits per heavy atom. The van der Waals surface area contributed by atoms with Crippen LogP contribution >= 0.6 is 0 Å². The van der Waals surface area contributed by atoms with Crippen molar-refractivity contribution in [3.63, 3.8) is 0 Å². The van der Waals surface area contributed by atoms with Crippen LogP contribution in [-0.2, 0) is 14.8 Å². The molecule has 0 bridgehead atoms. The quantitative estimate of drug-likeness (QED) is 0.429. The van der Waals surface area contributed by atoms with Crippen LogP contribution in [-0.4, -0.2) is 32.3 Å². The molecular formula is C11H15N3O5S. The number of para-hydroxylation sites is 1. The van der Waals surface area contributed by atoms with Crippen LogP contribution in [0, 0.1) is 10.1 Å². The molecule has 1 rings (SSSR count). The van der Waals surface area contributed by atoms with Gasteiger partial charge in [0.05, 0.1) is 4.92 Å². The van der Waals surface area contributed by atoms with E-state index >= 15 is 0 Å². The molecule has 0 spiro atoms. The summed E-state index contributed by atoms with van der Waals surface area (Å²) >= 11 is 0. The molecule has 8 nitrogen and oxygen atoms in total. The molecule has 0 radical (unpaired) electrons. The highest BCUT2D eigenvalue weighted by Crippen LogP contribution is 2.22. The Morgan fingerprint density at radius 3 is 2.55 bits per heavy atom. The molecule has 0 saturated carbocycles. The Balaban J connectivity index is 2.70. The van der Waals surface area contributed by atoms with E-state index in [9.17, 15) is 23.3 Å². The number of sulfonamides is 1. The van der Waals surface area contributed by atoms with Crippen LogP contribution in [0.2, 0.25) is 0 Å². The van der Waals surface area contributed by atoms with Crippen LogP contribution in [0.5, 0.6) is 0 Å². The molecule has 110 valence electrons. The van der Waals surface area contributed by atoms with E-state index in [-0.39, 0.29) is 17.3 Å². The fraction of sp³-hybridized carbons (Fsp3) is 0.364. The summed E-state index contributed by atoms with van der Waals surface area (Å²) in [5.41, 5.74) is -0.470. The maximum atomic E-state index is 12.0. The Labute approximate surface area is 116 Å². The maximum Gasteiger partial charge on any atom is 0.289 e. The number of benzene rings is 1. The van der Waals surface area contributed by atoms with Gasteiger partial charge in [0.25, 0.3) is 5.69 Å². The minimum Gasteiger partial charge on any atom is -0.356 e. The first-order valence-electron chi connectivity index (χ1n) is 5.82. The summed E-state index contributed by atoms with van der Waals surface area (Å²) in [6.07, 6.45) is 0.388. The summed E-state index contributed by atoms with van der Waals surface area (Å²) in [7, 11) is -3.94. The standard InChI is InChI=1S/C11H15N3O5S/c1-9(15)12-7-4-8-13-20(18,19)11-6-3-2-5-10(11)14(16)17/h2-3,5-6,13H,4,7-8H2,1H3,(H,12,15). The van der Waals surface area contributed by atoms with E-state index < -0.39 is 20.6 Å². The Morgan fingerprint density at radius 1 is 1.30 bits per heavy atom. The number of amides is 1. The van der Waals surface area contributed by atoms with Gasteiger partial charge in [-0.2, -0.15) is 0 Å². The third-order valence-electron chi connectivity index (χ3n) is 2.37. The molecule has 0 heterocycles. The molecule has 0 aliphatic heterocycles. The van der Waals surface area contributed by atoms with Gasteiger partial charge in [0.2, 0.25) is 15.9 Å². The van der Waals surface area contributed by atoms with Crippen LogP contribution in [0.3, 0.4) is 0 Å². The molecule has 1 amide bonds. The number of rotatable bonds is 7. The lowest BCUT2D eigenvalue weighted by Gasteiger charge is -2.07. The van der Waals surface area contributed by atoms with Gasteiger partial charge in [-0.3, -0.25) is 14.9 Å². The fourth-order valence-corrected chi connectivity index (χ4v) is 2.72. The zero-order chi connectivity index (χ0) is 15.2. The molecule has 0 fully saturated rings. The van der Waals surface area contributed by atoms with Crippen LogP contribution in [0.15, 0.2) is 29.2 Å². The molecule has 0 aromatic heterocycles. The zero-order valence-corrected chi connectivity index (χ0v) is 11.6. The Bertz CT molecular complexity index is 600. The van der Waals surface area contributed by atoms with Crippen molar-refractivity contribution < 1.29 is 18.1 Å². The molecule has 0 saturated heterocycles. The van der Waals surface area contributed by atoms with E-state index in [0.717, 1.165) is 6.07 Å². The maximum absolute atomic E-state index is 12.0. The average molecular weight is 301 g/mol. The van der Waals surface area contributed by atoms with E-state index in [1.165, 1.54) is 25.1 Å². The van der Waals surface area contributed by atoms with Crippen molar-refractivity contribution in [1.82, 2.24) is 10.0 Å². The van der Waals surface area contributed by atoms with Crippen molar-refractivity contribution in [2.45, 2.75) is 18.2 Å². The topological polar surface area (TPSA) is 118 Å². The lowest BCUT2D eigenvalue weighted by Crippen LogP contribution is -2.29. The van der Waals surface area contributed by atoms with Crippen LogP contribution in [0.25, 0.3) is 0 Å². The number of carbonyl (C=O) groups is 1. The number of carbonyl (C=O) groups excluding carboxylic acids is 1. The smallest absolute Gasteiger partial charge is 0.289 e. The van der Waals surface area contributed by atoms with Gasteiger partial charge in [-0.25, -0.2) is 13.1 Å². The summed E-state index contributed by atoms with van der Waals surface area (Å²) in [6.45, 7) is 1.76. The lowest BCUT2D eigenvalue weighted by molar-refractivity contribution is -0.387. The van der Waals surface area contributed by atoms with Gasteiger partial charge in [-0.1, -0.05) is 12.1 Å². The van der Waals surface area contributed by atoms with Crippen molar-refractivity contribution in [1.29, 1.82) is 0 Å².